The van der Waals surface area contributed by atoms with E-state index in [2.05, 4.69) is 10.4 Å². The molecule has 1 atom stereocenters. The molecular formula is C21H30N4O2. The van der Waals surface area contributed by atoms with E-state index in [1.165, 1.54) is 11.1 Å². The van der Waals surface area contributed by atoms with Crippen molar-refractivity contribution < 1.29 is 15.1 Å². The van der Waals surface area contributed by atoms with Crippen molar-refractivity contribution in [3.8, 4) is 0 Å². The van der Waals surface area contributed by atoms with Crippen molar-refractivity contribution in [3.63, 3.8) is 0 Å². The Kier molecular flexibility index (Phi) is 4.18. The van der Waals surface area contributed by atoms with Crippen LogP contribution in [0.5, 0.6) is 0 Å². The molecule has 146 valence electrons. The third-order valence-electron chi connectivity index (χ3n) is 5.18. The monoisotopic (exact) mass is 374 g/mol. The summed E-state index contributed by atoms with van der Waals surface area (Å²) in [6, 6.07) is -2.29. The van der Waals surface area contributed by atoms with Gasteiger partial charge in [0, 0.05) is 11.9 Å². The highest BCUT2D eigenvalue weighted by molar-refractivity contribution is 6.06. The molecule has 6 nitrogen and oxygen atoms in total. The Morgan fingerprint density at radius 2 is 1.96 bits per heavy atom. The van der Waals surface area contributed by atoms with Crippen molar-refractivity contribution in [2.24, 2.45) is 17.1 Å². The van der Waals surface area contributed by atoms with Crippen LogP contribution in [0.2, 0.25) is 0 Å². The van der Waals surface area contributed by atoms with Crippen molar-refractivity contribution in [2.45, 2.75) is 65.5 Å². The summed E-state index contributed by atoms with van der Waals surface area (Å²) in [6.45, 7) is 5.79. The van der Waals surface area contributed by atoms with Crippen LogP contribution in [-0.4, -0.2) is 27.6 Å². The molecular weight excluding hydrogens is 340 g/mol. The summed E-state index contributed by atoms with van der Waals surface area (Å²) in [7, 11) is 0. The number of nitrogens with zero attached hydrogens (tertiary/aromatic N) is 2. The molecule has 3 rings (SSSR count). The molecule has 1 aromatic heterocycles. The first kappa shape index (κ1) is 14.7. The number of primary amides is 1. The Balaban J connectivity index is 2.12. The zero-order valence-electron chi connectivity index (χ0n) is 20.2. The maximum Gasteiger partial charge on any atom is 0.273 e. The highest BCUT2D eigenvalue weighted by Crippen LogP contribution is 2.27. The maximum absolute atomic E-state index is 13.1. The van der Waals surface area contributed by atoms with Gasteiger partial charge in [0.1, 0.15) is 6.04 Å². The van der Waals surface area contributed by atoms with Crippen molar-refractivity contribution in [2.75, 3.05) is 0 Å². The molecule has 1 saturated carbocycles. The molecule has 1 aromatic carbocycles. The first-order valence-corrected chi connectivity index (χ1v) is 9.50. The molecule has 1 aliphatic rings. The van der Waals surface area contributed by atoms with Gasteiger partial charge < -0.3 is 11.1 Å². The number of nitrogens with two attached hydrogens (primary N) is 1. The topological polar surface area (TPSA) is 90.0 Å². The van der Waals surface area contributed by atoms with Gasteiger partial charge >= 0.3 is 0 Å². The normalized spacial score (nSPS) is 19.1. The molecule has 0 saturated heterocycles. The minimum absolute atomic E-state index is 0.0661. The molecule has 2 amide bonds. The molecule has 6 heteroatoms. The van der Waals surface area contributed by atoms with Crippen LogP contribution < -0.4 is 11.1 Å². The van der Waals surface area contributed by atoms with E-state index >= 15 is 0 Å². The van der Waals surface area contributed by atoms with E-state index < -0.39 is 29.3 Å². The Morgan fingerprint density at radius 1 is 1.30 bits per heavy atom. The Morgan fingerprint density at radius 3 is 2.59 bits per heavy atom. The molecule has 0 bridgehead atoms. The highest BCUT2D eigenvalue weighted by atomic mass is 16.2. The van der Waals surface area contributed by atoms with Crippen LogP contribution in [0.1, 0.15) is 68.8 Å². The van der Waals surface area contributed by atoms with Crippen LogP contribution >= 0.6 is 0 Å². The average molecular weight is 375 g/mol. The predicted molar refractivity (Wildman–Crippen MR) is 106 cm³/mol. The van der Waals surface area contributed by atoms with Crippen LogP contribution in [0.15, 0.2) is 24.2 Å². The summed E-state index contributed by atoms with van der Waals surface area (Å²) < 4.78 is 34.4. The molecule has 1 aliphatic carbocycles. The summed E-state index contributed by atoms with van der Waals surface area (Å²) in [5, 5.41) is 7.11. The number of carbonyl (C=O) groups excluding carboxylic acids is 2. The summed E-state index contributed by atoms with van der Waals surface area (Å²) >= 11 is 0. The first-order valence-electron chi connectivity index (χ1n) is 11.5. The van der Waals surface area contributed by atoms with Gasteiger partial charge in [-0.15, -0.1) is 0 Å². The second-order valence-corrected chi connectivity index (χ2v) is 8.43. The highest BCUT2D eigenvalue weighted by Gasteiger charge is 2.32. The lowest BCUT2D eigenvalue weighted by Crippen LogP contribution is -2.52. The van der Waals surface area contributed by atoms with E-state index in [1.54, 1.807) is 20.8 Å². The smallest absolute Gasteiger partial charge is 0.273 e. The van der Waals surface area contributed by atoms with Gasteiger partial charge in [-0.05, 0) is 30.2 Å². The van der Waals surface area contributed by atoms with E-state index in [0.717, 1.165) is 25.7 Å². The molecule has 3 N–H and O–H groups in total. The van der Waals surface area contributed by atoms with Gasteiger partial charge in [-0.3, -0.25) is 14.3 Å². The van der Waals surface area contributed by atoms with Crippen molar-refractivity contribution >= 4 is 22.7 Å². The largest absolute Gasteiger partial charge is 0.368 e. The van der Waals surface area contributed by atoms with Crippen LogP contribution in [0.4, 0.5) is 0 Å². The number of fused-ring (bicyclic) bond motifs is 1. The van der Waals surface area contributed by atoms with Crippen molar-refractivity contribution in [3.05, 3.63) is 29.9 Å². The maximum atomic E-state index is 13.1. The van der Waals surface area contributed by atoms with Crippen molar-refractivity contribution in [1.82, 2.24) is 15.1 Å². The Bertz CT molecular complexity index is 1020. The molecule has 2 aromatic rings. The lowest BCUT2D eigenvalue weighted by atomic mass is 9.86. The lowest BCUT2D eigenvalue weighted by Gasteiger charge is -2.28. The quantitative estimate of drug-likeness (QED) is 0.842. The molecule has 27 heavy (non-hydrogen) atoms. The fourth-order valence-corrected chi connectivity index (χ4v) is 3.71. The van der Waals surface area contributed by atoms with Crippen LogP contribution in [0, 0.1) is 11.3 Å². The lowest BCUT2D eigenvalue weighted by molar-refractivity contribution is -0.122. The summed E-state index contributed by atoms with van der Waals surface area (Å²) in [5.74, 6) is -1.04. The summed E-state index contributed by atoms with van der Waals surface area (Å²) in [6.07, 6.45) is 5.44. The minimum Gasteiger partial charge on any atom is -0.368 e. The molecule has 1 unspecified atom stereocenters. The zero-order chi connectivity index (χ0) is 23.1. The van der Waals surface area contributed by atoms with E-state index in [0.29, 0.717) is 12.5 Å². The predicted octanol–water partition coefficient (Wildman–Crippen LogP) is 3.25. The van der Waals surface area contributed by atoms with Gasteiger partial charge in [-0.1, -0.05) is 58.2 Å². The standard InChI is InChI=1S/C21H30N4O2/c1-21(2,3)18(19(22)26)23-20(27)17-15-11-7-8-12-16(15)25(24-17)13-14-9-5-4-6-10-14/h7-8,11-12,14,18H,4-6,9-10,13H2,1-3H3,(H2,22,26)(H,23,27)/i7D,8D,11D,12D. The number of rotatable bonds is 5. The zero-order valence-corrected chi connectivity index (χ0v) is 16.2. The number of carbonyl (C=O) groups is 2. The van der Waals surface area contributed by atoms with Gasteiger partial charge in [0.15, 0.2) is 5.69 Å². The van der Waals surface area contributed by atoms with Gasteiger partial charge in [-0.2, -0.15) is 5.10 Å². The molecule has 1 fully saturated rings. The molecule has 1 heterocycles. The third kappa shape index (κ3) is 4.31. The molecule has 0 radical (unpaired) electrons. The van der Waals surface area contributed by atoms with Gasteiger partial charge in [0.05, 0.1) is 11.0 Å². The number of para-hydroxylation sites is 1. The van der Waals surface area contributed by atoms with E-state index in [-0.39, 0.29) is 34.7 Å². The van der Waals surface area contributed by atoms with Gasteiger partial charge in [0.25, 0.3) is 5.91 Å². The fourth-order valence-electron chi connectivity index (χ4n) is 3.71. The Hall–Kier alpha value is -2.37. The molecule has 0 spiro atoms. The van der Waals surface area contributed by atoms with Crippen LogP contribution in [0.3, 0.4) is 0 Å². The summed E-state index contributed by atoms with van der Waals surface area (Å²) in [5.41, 5.74) is 4.95. The van der Waals surface area contributed by atoms with E-state index in [1.807, 2.05) is 0 Å². The average Bonchev–Trinajstić information content (AvgIpc) is 3.07. The number of hydrogen-bond donors (Lipinski definition) is 2. The second-order valence-electron chi connectivity index (χ2n) is 8.43. The van der Waals surface area contributed by atoms with Gasteiger partial charge in [0.2, 0.25) is 5.91 Å². The van der Waals surface area contributed by atoms with E-state index in [4.69, 9.17) is 11.2 Å². The fraction of sp³-hybridized carbons (Fsp3) is 0.571. The van der Waals surface area contributed by atoms with Crippen LogP contribution in [0.25, 0.3) is 10.9 Å². The number of aromatic nitrogens is 2. The number of nitrogens with one attached hydrogen (secondary N) is 1. The first-order chi connectivity index (χ1) is 14.4. The van der Waals surface area contributed by atoms with Crippen molar-refractivity contribution in [1.29, 1.82) is 0 Å². The van der Waals surface area contributed by atoms with Gasteiger partial charge in [-0.25, -0.2) is 0 Å². The summed E-state index contributed by atoms with van der Waals surface area (Å²) in [4.78, 5) is 25.1. The van der Waals surface area contributed by atoms with Crippen LogP contribution in [-0.2, 0) is 11.3 Å². The molecule has 0 aliphatic heterocycles. The third-order valence-corrected chi connectivity index (χ3v) is 5.18. The number of hydrogen-bond acceptors (Lipinski definition) is 3. The Labute approximate surface area is 166 Å². The second kappa shape index (κ2) is 7.71. The minimum atomic E-state index is -0.964. The number of amides is 2. The SMILES string of the molecule is [2H]c1c([2H])c([2H])c2c(c(C(=O)NC(C(N)=O)C(C)(C)C)nn2CC2CCCCC2)c1[2H]. The van der Waals surface area contributed by atoms with E-state index in [9.17, 15) is 9.59 Å². The number of benzene rings is 1.